The van der Waals surface area contributed by atoms with Gasteiger partial charge in [0.05, 0.1) is 13.0 Å². The van der Waals surface area contributed by atoms with Crippen LogP contribution in [-0.2, 0) is 11.2 Å². The summed E-state index contributed by atoms with van der Waals surface area (Å²) < 4.78 is 5.16. The molecule has 88 valence electrons. The average Bonchev–Trinajstić information content (AvgIpc) is 2.25. The molecule has 0 radical (unpaired) electrons. The van der Waals surface area contributed by atoms with E-state index in [0.717, 1.165) is 16.9 Å². The fraction of sp³-hybridized carbons (Fsp3) is 0.417. The predicted molar refractivity (Wildman–Crippen MR) is 63.2 cm³/mol. The van der Waals surface area contributed by atoms with Crippen molar-refractivity contribution in [2.45, 2.75) is 13.3 Å². The van der Waals surface area contributed by atoms with Crippen molar-refractivity contribution in [2.75, 3.05) is 13.7 Å². The molecule has 0 aliphatic rings. The SMILES string of the molecule is COc1ccc(CC(CN)C(N)=O)cc1C. The lowest BCUT2D eigenvalue weighted by atomic mass is 9.97. The summed E-state index contributed by atoms with van der Waals surface area (Å²) in [4.78, 5) is 11.1. The van der Waals surface area contributed by atoms with Crippen molar-refractivity contribution in [1.82, 2.24) is 0 Å². The summed E-state index contributed by atoms with van der Waals surface area (Å²) in [6.45, 7) is 2.24. The van der Waals surface area contributed by atoms with Gasteiger partial charge in [-0.1, -0.05) is 12.1 Å². The number of nitrogens with two attached hydrogens (primary N) is 2. The molecule has 0 aromatic heterocycles. The third-order valence-corrected chi connectivity index (χ3v) is 2.63. The highest BCUT2D eigenvalue weighted by Gasteiger charge is 2.14. The first-order valence-corrected chi connectivity index (χ1v) is 5.21. The molecule has 0 heterocycles. The van der Waals surface area contributed by atoms with Gasteiger partial charge in [0.15, 0.2) is 0 Å². The third-order valence-electron chi connectivity index (χ3n) is 2.63. The number of methoxy groups -OCH3 is 1. The van der Waals surface area contributed by atoms with Gasteiger partial charge in [0.25, 0.3) is 0 Å². The number of hydrogen-bond acceptors (Lipinski definition) is 3. The van der Waals surface area contributed by atoms with Gasteiger partial charge in [-0.2, -0.15) is 0 Å². The first-order valence-electron chi connectivity index (χ1n) is 5.21. The first kappa shape index (κ1) is 12.5. The number of aryl methyl sites for hydroxylation is 1. The number of primary amides is 1. The Balaban J connectivity index is 2.81. The number of amides is 1. The molecule has 4 nitrogen and oxygen atoms in total. The van der Waals surface area contributed by atoms with Crippen molar-refractivity contribution in [3.63, 3.8) is 0 Å². The second kappa shape index (κ2) is 5.51. The van der Waals surface area contributed by atoms with Crippen LogP contribution in [-0.4, -0.2) is 19.6 Å². The Bertz CT molecular complexity index is 377. The number of hydrogen-bond donors (Lipinski definition) is 2. The topological polar surface area (TPSA) is 78.3 Å². The van der Waals surface area contributed by atoms with Crippen molar-refractivity contribution in [3.05, 3.63) is 29.3 Å². The molecule has 4 N–H and O–H groups in total. The van der Waals surface area contributed by atoms with Crippen molar-refractivity contribution in [2.24, 2.45) is 17.4 Å². The Hall–Kier alpha value is -1.55. The smallest absolute Gasteiger partial charge is 0.222 e. The van der Waals surface area contributed by atoms with Crippen molar-refractivity contribution in [1.29, 1.82) is 0 Å². The minimum absolute atomic E-state index is 0.278. The minimum atomic E-state index is -0.351. The summed E-state index contributed by atoms with van der Waals surface area (Å²) in [5.74, 6) is 0.191. The first-order chi connectivity index (χ1) is 7.58. The zero-order valence-corrected chi connectivity index (χ0v) is 9.69. The summed E-state index contributed by atoms with van der Waals surface area (Å²) >= 11 is 0. The Labute approximate surface area is 95.6 Å². The van der Waals surface area contributed by atoms with Gasteiger partial charge >= 0.3 is 0 Å². The van der Waals surface area contributed by atoms with E-state index >= 15 is 0 Å². The van der Waals surface area contributed by atoms with Gasteiger partial charge in [-0.15, -0.1) is 0 Å². The third kappa shape index (κ3) is 2.97. The van der Waals surface area contributed by atoms with Crippen LogP contribution in [0, 0.1) is 12.8 Å². The van der Waals surface area contributed by atoms with Crippen LogP contribution < -0.4 is 16.2 Å². The second-order valence-electron chi connectivity index (χ2n) is 3.84. The zero-order valence-electron chi connectivity index (χ0n) is 9.69. The van der Waals surface area contributed by atoms with E-state index in [1.54, 1.807) is 7.11 Å². The fourth-order valence-electron chi connectivity index (χ4n) is 1.65. The maximum atomic E-state index is 11.1. The molecule has 4 heteroatoms. The van der Waals surface area contributed by atoms with Crippen LogP contribution in [0.15, 0.2) is 18.2 Å². The van der Waals surface area contributed by atoms with Crippen LogP contribution in [0.1, 0.15) is 11.1 Å². The van der Waals surface area contributed by atoms with Crippen LogP contribution in [0.25, 0.3) is 0 Å². The molecule has 0 bridgehead atoms. The molecule has 0 fully saturated rings. The molecule has 1 atom stereocenters. The van der Waals surface area contributed by atoms with E-state index in [4.69, 9.17) is 16.2 Å². The fourth-order valence-corrected chi connectivity index (χ4v) is 1.65. The van der Waals surface area contributed by atoms with E-state index in [1.165, 1.54) is 0 Å². The van der Waals surface area contributed by atoms with Crippen LogP contribution in [0.2, 0.25) is 0 Å². The minimum Gasteiger partial charge on any atom is -0.496 e. The van der Waals surface area contributed by atoms with E-state index in [0.29, 0.717) is 6.42 Å². The average molecular weight is 222 g/mol. The molecule has 0 spiro atoms. The van der Waals surface area contributed by atoms with E-state index in [-0.39, 0.29) is 18.4 Å². The maximum absolute atomic E-state index is 11.1. The Morgan fingerprint density at radius 1 is 1.50 bits per heavy atom. The number of rotatable bonds is 5. The van der Waals surface area contributed by atoms with E-state index in [1.807, 2.05) is 25.1 Å². The molecule has 1 amide bonds. The summed E-state index contributed by atoms with van der Waals surface area (Å²) in [7, 11) is 1.63. The Morgan fingerprint density at radius 2 is 2.19 bits per heavy atom. The Morgan fingerprint density at radius 3 is 2.62 bits per heavy atom. The highest BCUT2D eigenvalue weighted by Crippen LogP contribution is 2.20. The van der Waals surface area contributed by atoms with Crippen LogP contribution >= 0.6 is 0 Å². The van der Waals surface area contributed by atoms with Gasteiger partial charge in [-0.25, -0.2) is 0 Å². The number of carbonyl (C=O) groups is 1. The predicted octanol–water partition coefficient (Wildman–Crippen LogP) is 0.606. The summed E-state index contributed by atoms with van der Waals surface area (Å²) in [5, 5.41) is 0. The van der Waals surface area contributed by atoms with Crippen molar-refractivity contribution in [3.8, 4) is 5.75 Å². The molecular weight excluding hydrogens is 204 g/mol. The molecule has 0 aliphatic heterocycles. The molecule has 1 unspecified atom stereocenters. The van der Waals surface area contributed by atoms with Gasteiger partial charge in [-0.05, 0) is 30.5 Å². The standard InChI is InChI=1S/C12H18N2O2/c1-8-5-9(3-4-11(8)16-2)6-10(7-13)12(14)15/h3-5,10H,6-7,13H2,1-2H3,(H2,14,15). The van der Waals surface area contributed by atoms with Crippen LogP contribution in [0.4, 0.5) is 0 Å². The molecule has 0 aliphatic carbocycles. The molecule has 1 aromatic rings. The summed E-state index contributed by atoms with van der Waals surface area (Å²) in [6, 6.07) is 5.81. The molecule has 16 heavy (non-hydrogen) atoms. The largest absolute Gasteiger partial charge is 0.496 e. The van der Waals surface area contributed by atoms with E-state index in [9.17, 15) is 4.79 Å². The highest BCUT2D eigenvalue weighted by molar-refractivity contribution is 5.77. The lowest BCUT2D eigenvalue weighted by molar-refractivity contribution is -0.121. The highest BCUT2D eigenvalue weighted by atomic mass is 16.5. The van der Waals surface area contributed by atoms with Crippen LogP contribution in [0.3, 0.4) is 0 Å². The van der Waals surface area contributed by atoms with Gasteiger partial charge in [0.2, 0.25) is 5.91 Å². The number of benzene rings is 1. The van der Waals surface area contributed by atoms with Crippen LogP contribution in [0.5, 0.6) is 5.75 Å². The monoisotopic (exact) mass is 222 g/mol. The van der Waals surface area contributed by atoms with Gasteiger partial charge < -0.3 is 16.2 Å². The molecule has 1 rings (SSSR count). The maximum Gasteiger partial charge on any atom is 0.222 e. The normalized spacial score (nSPS) is 12.2. The van der Waals surface area contributed by atoms with Gasteiger partial charge in [-0.3, -0.25) is 4.79 Å². The lowest BCUT2D eigenvalue weighted by Gasteiger charge is -2.12. The van der Waals surface area contributed by atoms with Crippen molar-refractivity contribution < 1.29 is 9.53 Å². The lowest BCUT2D eigenvalue weighted by Crippen LogP contribution is -2.31. The zero-order chi connectivity index (χ0) is 12.1. The molecule has 0 saturated heterocycles. The summed E-state index contributed by atoms with van der Waals surface area (Å²) in [5.41, 5.74) is 12.8. The summed E-state index contributed by atoms with van der Waals surface area (Å²) in [6.07, 6.45) is 0.580. The van der Waals surface area contributed by atoms with Crippen molar-refractivity contribution >= 4 is 5.91 Å². The molecule has 0 saturated carbocycles. The van der Waals surface area contributed by atoms with E-state index < -0.39 is 0 Å². The number of carbonyl (C=O) groups excluding carboxylic acids is 1. The molecular formula is C12H18N2O2. The van der Waals surface area contributed by atoms with Gasteiger partial charge in [0.1, 0.15) is 5.75 Å². The molecule has 1 aromatic carbocycles. The quantitative estimate of drug-likeness (QED) is 0.766. The Kier molecular flexibility index (Phi) is 4.31. The number of ether oxygens (including phenoxy) is 1. The van der Waals surface area contributed by atoms with E-state index in [2.05, 4.69) is 0 Å². The van der Waals surface area contributed by atoms with Gasteiger partial charge in [0, 0.05) is 6.54 Å². The second-order valence-corrected chi connectivity index (χ2v) is 3.84.